The van der Waals surface area contributed by atoms with Crippen LogP contribution < -0.4 is 0 Å². The predicted molar refractivity (Wildman–Crippen MR) is 65.0 cm³/mol. The lowest BCUT2D eigenvalue weighted by molar-refractivity contribution is -0.0703. The van der Waals surface area contributed by atoms with Gasteiger partial charge in [0.05, 0.1) is 12.1 Å². The van der Waals surface area contributed by atoms with E-state index < -0.39 is 5.60 Å². The van der Waals surface area contributed by atoms with Gasteiger partial charge in [-0.15, -0.1) is 0 Å². The first-order valence-corrected chi connectivity index (χ1v) is 6.52. The molecule has 0 bridgehead atoms. The Morgan fingerprint density at radius 3 is 2.65 bits per heavy atom. The van der Waals surface area contributed by atoms with E-state index in [-0.39, 0.29) is 11.7 Å². The van der Waals surface area contributed by atoms with Crippen LogP contribution in [0.15, 0.2) is 0 Å². The first kappa shape index (κ1) is 12.7. The summed E-state index contributed by atoms with van der Waals surface area (Å²) in [4.78, 5) is 13.7. The Hall–Kier alpha value is -0.770. The molecule has 98 valence electrons. The van der Waals surface area contributed by atoms with Gasteiger partial charge < -0.3 is 14.4 Å². The van der Waals surface area contributed by atoms with Crippen LogP contribution in [-0.4, -0.2) is 41.9 Å². The van der Waals surface area contributed by atoms with Crippen LogP contribution in [0.2, 0.25) is 0 Å². The monoisotopic (exact) mass is 241 g/mol. The quantitative estimate of drug-likeness (QED) is 0.654. The highest BCUT2D eigenvalue weighted by Gasteiger charge is 2.42. The maximum atomic E-state index is 11.9. The van der Waals surface area contributed by atoms with Crippen molar-refractivity contribution in [2.24, 2.45) is 0 Å². The number of hydrogen-bond acceptors (Lipinski definition) is 3. The topological polar surface area (TPSA) is 38.8 Å². The van der Waals surface area contributed by atoms with Gasteiger partial charge in [0, 0.05) is 13.2 Å². The largest absolute Gasteiger partial charge is 0.444 e. The molecule has 2 fully saturated rings. The van der Waals surface area contributed by atoms with Crippen molar-refractivity contribution < 1.29 is 14.3 Å². The molecule has 2 aliphatic rings. The molecule has 1 atom stereocenters. The molecule has 1 unspecified atom stereocenters. The lowest BCUT2D eigenvalue weighted by Crippen LogP contribution is -2.42. The molecule has 0 aromatic rings. The van der Waals surface area contributed by atoms with Gasteiger partial charge in [0.25, 0.3) is 0 Å². The van der Waals surface area contributed by atoms with Crippen LogP contribution in [0, 0.1) is 0 Å². The molecular formula is C13H23NO3. The highest BCUT2D eigenvalue weighted by Crippen LogP contribution is 2.34. The molecular weight excluding hydrogens is 218 g/mol. The van der Waals surface area contributed by atoms with Crippen molar-refractivity contribution in [1.82, 2.24) is 4.90 Å². The van der Waals surface area contributed by atoms with Crippen LogP contribution in [-0.2, 0) is 9.47 Å². The molecule has 0 aromatic heterocycles. The second kappa shape index (κ2) is 4.48. The van der Waals surface area contributed by atoms with Crippen molar-refractivity contribution in [2.45, 2.75) is 57.7 Å². The lowest BCUT2D eigenvalue weighted by Gasteiger charge is -2.33. The summed E-state index contributed by atoms with van der Waals surface area (Å²) in [6.07, 6.45) is 4.18. The summed E-state index contributed by atoms with van der Waals surface area (Å²) in [6, 6.07) is 0. The molecule has 2 aliphatic heterocycles. The molecule has 0 radical (unpaired) electrons. The van der Waals surface area contributed by atoms with E-state index in [1.165, 1.54) is 6.42 Å². The predicted octanol–water partition coefficient (Wildman–Crippen LogP) is 2.57. The number of ether oxygens (including phenoxy) is 2. The zero-order chi connectivity index (χ0) is 12.5. The van der Waals surface area contributed by atoms with Gasteiger partial charge in [0.15, 0.2) is 0 Å². The third-order valence-electron chi connectivity index (χ3n) is 3.40. The number of rotatable bonds is 0. The maximum absolute atomic E-state index is 11.9. The Bertz CT molecular complexity index is 290. The van der Waals surface area contributed by atoms with Crippen LogP contribution in [0.3, 0.4) is 0 Å². The van der Waals surface area contributed by atoms with Gasteiger partial charge in [-0.1, -0.05) is 0 Å². The van der Waals surface area contributed by atoms with Gasteiger partial charge in [0.2, 0.25) is 0 Å². The Morgan fingerprint density at radius 2 is 2.06 bits per heavy atom. The number of carbonyl (C=O) groups excluding carboxylic acids is 1. The summed E-state index contributed by atoms with van der Waals surface area (Å²) in [5.74, 6) is 0. The normalized spacial score (nSPS) is 29.7. The zero-order valence-corrected chi connectivity index (χ0v) is 11.1. The summed E-state index contributed by atoms with van der Waals surface area (Å²) < 4.78 is 11.3. The van der Waals surface area contributed by atoms with Crippen molar-refractivity contribution in [2.75, 3.05) is 19.7 Å². The van der Waals surface area contributed by atoms with E-state index in [1.54, 1.807) is 4.90 Å². The number of amides is 1. The number of hydrogen-bond donors (Lipinski definition) is 0. The maximum Gasteiger partial charge on any atom is 0.410 e. The molecule has 1 spiro atoms. The number of carbonyl (C=O) groups is 1. The van der Waals surface area contributed by atoms with E-state index >= 15 is 0 Å². The Balaban J connectivity index is 1.91. The number of likely N-dealkylation sites (tertiary alicyclic amines) is 1. The van der Waals surface area contributed by atoms with Crippen molar-refractivity contribution in [3.8, 4) is 0 Å². The fourth-order valence-corrected chi connectivity index (χ4v) is 2.56. The van der Waals surface area contributed by atoms with Crippen LogP contribution >= 0.6 is 0 Å². The highest BCUT2D eigenvalue weighted by molar-refractivity contribution is 5.68. The van der Waals surface area contributed by atoms with Gasteiger partial charge in [0.1, 0.15) is 5.60 Å². The van der Waals surface area contributed by atoms with Crippen molar-refractivity contribution in [3.05, 3.63) is 0 Å². The van der Waals surface area contributed by atoms with Gasteiger partial charge in [-0.25, -0.2) is 4.79 Å². The van der Waals surface area contributed by atoms with E-state index in [0.717, 1.165) is 32.4 Å². The fourth-order valence-electron chi connectivity index (χ4n) is 2.56. The van der Waals surface area contributed by atoms with E-state index in [4.69, 9.17) is 9.47 Å². The Morgan fingerprint density at radius 1 is 1.29 bits per heavy atom. The highest BCUT2D eigenvalue weighted by atomic mass is 16.6. The van der Waals surface area contributed by atoms with E-state index in [9.17, 15) is 4.79 Å². The summed E-state index contributed by atoms with van der Waals surface area (Å²) in [5.41, 5.74) is -0.491. The first-order chi connectivity index (χ1) is 7.90. The van der Waals surface area contributed by atoms with Gasteiger partial charge >= 0.3 is 6.09 Å². The molecule has 0 saturated carbocycles. The van der Waals surface area contributed by atoms with Crippen LogP contribution in [0.25, 0.3) is 0 Å². The van der Waals surface area contributed by atoms with Crippen LogP contribution in [0.4, 0.5) is 4.79 Å². The fraction of sp³-hybridized carbons (Fsp3) is 0.923. The molecule has 2 heterocycles. The van der Waals surface area contributed by atoms with Gasteiger partial charge in [-0.3, -0.25) is 0 Å². The molecule has 17 heavy (non-hydrogen) atoms. The Kier molecular flexibility index (Phi) is 3.34. The first-order valence-electron chi connectivity index (χ1n) is 6.52. The Labute approximate surface area is 103 Å². The summed E-state index contributed by atoms with van der Waals surface area (Å²) in [6.45, 7) is 7.98. The molecule has 2 rings (SSSR count). The SMILES string of the molecule is CC(C)(C)OC(=O)N1CCC2(CCCCO2)C1. The minimum Gasteiger partial charge on any atom is -0.444 e. The van der Waals surface area contributed by atoms with Crippen molar-refractivity contribution in [1.29, 1.82) is 0 Å². The van der Waals surface area contributed by atoms with E-state index in [0.29, 0.717) is 6.54 Å². The van der Waals surface area contributed by atoms with E-state index in [2.05, 4.69) is 0 Å². The number of nitrogens with zero attached hydrogens (tertiary/aromatic N) is 1. The summed E-state index contributed by atoms with van der Waals surface area (Å²) in [5, 5.41) is 0. The summed E-state index contributed by atoms with van der Waals surface area (Å²) in [7, 11) is 0. The minimum atomic E-state index is -0.416. The molecule has 1 amide bonds. The average Bonchev–Trinajstić information content (AvgIpc) is 2.61. The van der Waals surface area contributed by atoms with Crippen LogP contribution in [0.5, 0.6) is 0 Å². The molecule has 0 N–H and O–H groups in total. The van der Waals surface area contributed by atoms with Crippen LogP contribution in [0.1, 0.15) is 46.5 Å². The smallest absolute Gasteiger partial charge is 0.410 e. The average molecular weight is 241 g/mol. The standard InChI is InChI=1S/C13H23NO3/c1-12(2,3)17-11(15)14-8-7-13(10-14)6-4-5-9-16-13/h4-10H2,1-3H3. The lowest BCUT2D eigenvalue weighted by atomic mass is 9.93. The molecule has 4 nitrogen and oxygen atoms in total. The third kappa shape index (κ3) is 3.12. The molecule has 4 heteroatoms. The zero-order valence-electron chi connectivity index (χ0n) is 11.1. The summed E-state index contributed by atoms with van der Waals surface area (Å²) >= 11 is 0. The third-order valence-corrected chi connectivity index (χ3v) is 3.40. The molecule has 2 saturated heterocycles. The second-order valence-corrected chi connectivity index (χ2v) is 6.14. The second-order valence-electron chi connectivity index (χ2n) is 6.14. The van der Waals surface area contributed by atoms with E-state index in [1.807, 2.05) is 20.8 Å². The van der Waals surface area contributed by atoms with Crippen molar-refractivity contribution in [3.63, 3.8) is 0 Å². The molecule has 0 aromatic carbocycles. The van der Waals surface area contributed by atoms with Crippen molar-refractivity contribution >= 4 is 6.09 Å². The van der Waals surface area contributed by atoms with Gasteiger partial charge in [-0.05, 0) is 46.5 Å². The minimum absolute atomic E-state index is 0.0743. The van der Waals surface area contributed by atoms with Gasteiger partial charge in [-0.2, -0.15) is 0 Å². The molecule has 0 aliphatic carbocycles.